The summed E-state index contributed by atoms with van der Waals surface area (Å²) in [7, 11) is 3.82. The number of hydrogen-bond acceptors (Lipinski definition) is 5. The fraction of sp³-hybridized carbons (Fsp3) is 0.588. The second-order valence-corrected chi connectivity index (χ2v) is 5.89. The van der Waals surface area contributed by atoms with Gasteiger partial charge in [0.2, 0.25) is 5.91 Å². The predicted octanol–water partition coefficient (Wildman–Crippen LogP) is 1.00. The Morgan fingerprint density at radius 3 is 2.52 bits per heavy atom. The molecule has 1 heterocycles. The normalized spacial score (nSPS) is 15.5. The highest BCUT2D eigenvalue weighted by atomic mass is 16.5. The maximum atomic E-state index is 11.7. The van der Waals surface area contributed by atoms with Crippen molar-refractivity contribution in [1.82, 2.24) is 10.2 Å². The van der Waals surface area contributed by atoms with Crippen molar-refractivity contribution in [2.75, 3.05) is 70.2 Å². The van der Waals surface area contributed by atoms with E-state index in [0.717, 1.165) is 38.3 Å². The lowest BCUT2D eigenvalue weighted by molar-refractivity contribution is -0.119. The van der Waals surface area contributed by atoms with Gasteiger partial charge >= 0.3 is 0 Å². The zero-order chi connectivity index (χ0) is 16.5. The predicted molar refractivity (Wildman–Crippen MR) is 94.1 cm³/mol. The zero-order valence-corrected chi connectivity index (χ0v) is 14.2. The molecular formula is C17H28N4O2. The average Bonchev–Trinajstić information content (AvgIpc) is 2.58. The van der Waals surface area contributed by atoms with Gasteiger partial charge in [-0.2, -0.15) is 0 Å². The standard InChI is InChI=1S/C17H28N4O2/c1-20-9-11-21(12-10-20)16-6-4-15(5-7-16)19-14-17(22)18-8-3-13-23-2/h4-7,19H,3,8-14H2,1-2H3,(H,18,22). The molecule has 0 spiro atoms. The Morgan fingerprint density at radius 1 is 1.17 bits per heavy atom. The van der Waals surface area contributed by atoms with Crippen molar-refractivity contribution < 1.29 is 9.53 Å². The third-order valence-electron chi connectivity index (χ3n) is 4.04. The second-order valence-electron chi connectivity index (χ2n) is 5.89. The number of hydrogen-bond donors (Lipinski definition) is 2. The monoisotopic (exact) mass is 320 g/mol. The highest BCUT2D eigenvalue weighted by Crippen LogP contribution is 2.19. The third kappa shape index (κ3) is 6.08. The molecule has 0 radical (unpaired) electrons. The van der Waals surface area contributed by atoms with E-state index in [0.29, 0.717) is 19.7 Å². The SMILES string of the molecule is COCCCNC(=O)CNc1ccc(N2CCN(C)CC2)cc1. The number of likely N-dealkylation sites (N-methyl/N-ethyl adjacent to an activating group) is 1. The smallest absolute Gasteiger partial charge is 0.239 e. The molecule has 1 amide bonds. The Hall–Kier alpha value is -1.79. The summed E-state index contributed by atoms with van der Waals surface area (Å²) in [6, 6.07) is 8.30. The Labute approximate surface area is 138 Å². The number of anilines is 2. The minimum absolute atomic E-state index is 0.00393. The lowest BCUT2D eigenvalue weighted by Crippen LogP contribution is -2.44. The molecule has 6 heteroatoms. The summed E-state index contributed by atoms with van der Waals surface area (Å²) in [5, 5.41) is 6.01. The molecule has 1 saturated heterocycles. The van der Waals surface area contributed by atoms with Crippen molar-refractivity contribution >= 4 is 17.3 Å². The molecule has 0 bridgehead atoms. The Balaban J connectivity index is 1.71. The Morgan fingerprint density at radius 2 is 1.87 bits per heavy atom. The van der Waals surface area contributed by atoms with Crippen molar-refractivity contribution in [3.8, 4) is 0 Å². The number of methoxy groups -OCH3 is 1. The van der Waals surface area contributed by atoms with Gasteiger partial charge in [0.1, 0.15) is 0 Å². The Kier molecular flexibility index (Phi) is 7.16. The van der Waals surface area contributed by atoms with Crippen LogP contribution in [0.3, 0.4) is 0 Å². The largest absolute Gasteiger partial charge is 0.385 e. The minimum atomic E-state index is 0.00393. The fourth-order valence-corrected chi connectivity index (χ4v) is 2.54. The first-order valence-corrected chi connectivity index (χ1v) is 8.22. The van der Waals surface area contributed by atoms with Gasteiger partial charge in [0.15, 0.2) is 0 Å². The molecule has 1 aromatic rings. The van der Waals surface area contributed by atoms with E-state index in [1.54, 1.807) is 7.11 Å². The highest BCUT2D eigenvalue weighted by molar-refractivity contribution is 5.80. The van der Waals surface area contributed by atoms with E-state index in [9.17, 15) is 4.79 Å². The summed E-state index contributed by atoms with van der Waals surface area (Å²) in [6.07, 6.45) is 0.835. The number of benzene rings is 1. The van der Waals surface area contributed by atoms with Crippen LogP contribution in [-0.2, 0) is 9.53 Å². The van der Waals surface area contributed by atoms with Crippen LogP contribution in [0.25, 0.3) is 0 Å². The van der Waals surface area contributed by atoms with Gasteiger partial charge in [0.25, 0.3) is 0 Å². The number of amides is 1. The van der Waals surface area contributed by atoms with Gasteiger partial charge in [-0.15, -0.1) is 0 Å². The summed E-state index contributed by atoms with van der Waals surface area (Å²) in [5.41, 5.74) is 2.21. The second kappa shape index (κ2) is 9.37. The summed E-state index contributed by atoms with van der Waals surface area (Å²) in [5.74, 6) is 0.00393. The van der Waals surface area contributed by atoms with Crippen LogP contribution in [-0.4, -0.2) is 70.8 Å². The van der Waals surface area contributed by atoms with Gasteiger partial charge in [-0.25, -0.2) is 0 Å². The van der Waals surface area contributed by atoms with Gasteiger partial charge < -0.3 is 25.2 Å². The minimum Gasteiger partial charge on any atom is -0.385 e. The molecule has 0 saturated carbocycles. The van der Waals surface area contributed by atoms with Crippen LogP contribution >= 0.6 is 0 Å². The van der Waals surface area contributed by atoms with Crippen LogP contribution in [0.2, 0.25) is 0 Å². The molecule has 2 rings (SSSR count). The van der Waals surface area contributed by atoms with Crippen LogP contribution in [0.1, 0.15) is 6.42 Å². The van der Waals surface area contributed by atoms with Gasteiger partial charge in [-0.3, -0.25) is 4.79 Å². The van der Waals surface area contributed by atoms with Crippen molar-refractivity contribution in [3.05, 3.63) is 24.3 Å². The van der Waals surface area contributed by atoms with Gasteiger partial charge in [-0.05, 0) is 37.7 Å². The van der Waals surface area contributed by atoms with Crippen LogP contribution in [0.5, 0.6) is 0 Å². The van der Waals surface area contributed by atoms with E-state index in [1.807, 2.05) is 12.1 Å². The number of ether oxygens (including phenoxy) is 1. The molecule has 23 heavy (non-hydrogen) atoms. The number of carbonyl (C=O) groups excluding carboxylic acids is 1. The highest BCUT2D eigenvalue weighted by Gasteiger charge is 2.13. The molecule has 0 aromatic heterocycles. The lowest BCUT2D eigenvalue weighted by atomic mass is 10.2. The molecular weight excluding hydrogens is 292 g/mol. The van der Waals surface area contributed by atoms with E-state index in [1.165, 1.54) is 5.69 Å². The molecule has 6 nitrogen and oxygen atoms in total. The average molecular weight is 320 g/mol. The molecule has 1 aromatic carbocycles. The summed E-state index contributed by atoms with van der Waals surface area (Å²) < 4.78 is 4.95. The third-order valence-corrected chi connectivity index (χ3v) is 4.04. The van der Waals surface area contributed by atoms with Crippen molar-refractivity contribution in [2.45, 2.75) is 6.42 Å². The fourth-order valence-electron chi connectivity index (χ4n) is 2.54. The topological polar surface area (TPSA) is 56.8 Å². The van der Waals surface area contributed by atoms with Crippen molar-refractivity contribution in [3.63, 3.8) is 0 Å². The molecule has 0 atom stereocenters. The molecule has 1 fully saturated rings. The number of rotatable bonds is 8. The van der Waals surface area contributed by atoms with Gasteiger partial charge in [0, 0.05) is 57.8 Å². The number of nitrogens with zero attached hydrogens (tertiary/aromatic N) is 2. The summed E-state index contributed by atoms with van der Waals surface area (Å²) >= 11 is 0. The summed E-state index contributed by atoms with van der Waals surface area (Å²) in [6.45, 7) is 5.94. The van der Waals surface area contributed by atoms with E-state index >= 15 is 0 Å². The maximum Gasteiger partial charge on any atom is 0.239 e. The lowest BCUT2D eigenvalue weighted by Gasteiger charge is -2.34. The molecule has 1 aliphatic heterocycles. The number of piperazine rings is 1. The first-order valence-electron chi connectivity index (χ1n) is 8.22. The molecule has 0 aliphatic carbocycles. The Bertz CT molecular complexity index is 470. The van der Waals surface area contributed by atoms with Crippen LogP contribution < -0.4 is 15.5 Å². The first kappa shape index (κ1) is 17.6. The van der Waals surface area contributed by atoms with Crippen molar-refractivity contribution in [1.29, 1.82) is 0 Å². The van der Waals surface area contributed by atoms with E-state index < -0.39 is 0 Å². The van der Waals surface area contributed by atoms with Gasteiger partial charge in [0.05, 0.1) is 6.54 Å². The van der Waals surface area contributed by atoms with E-state index in [-0.39, 0.29) is 5.91 Å². The molecule has 2 N–H and O–H groups in total. The van der Waals surface area contributed by atoms with Crippen molar-refractivity contribution in [2.24, 2.45) is 0 Å². The molecule has 128 valence electrons. The molecule has 1 aliphatic rings. The number of nitrogens with one attached hydrogen (secondary N) is 2. The van der Waals surface area contributed by atoms with Crippen LogP contribution in [0.4, 0.5) is 11.4 Å². The summed E-state index contributed by atoms with van der Waals surface area (Å²) in [4.78, 5) is 16.4. The van der Waals surface area contributed by atoms with Crippen LogP contribution in [0, 0.1) is 0 Å². The van der Waals surface area contributed by atoms with Gasteiger partial charge in [-0.1, -0.05) is 0 Å². The maximum absolute atomic E-state index is 11.7. The zero-order valence-electron chi connectivity index (χ0n) is 14.2. The first-order chi connectivity index (χ1) is 11.2. The van der Waals surface area contributed by atoms with E-state index in [2.05, 4.69) is 39.6 Å². The van der Waals surface area contributed by atoms with E-state index in [4.69, 9.17) is 4.74 Å². The molecule has 0 unspecified atom stereocenters. The quantitative estimate of drug-likeness (QED) is 0.700. The van der Waals surface area contributed by atoms with Crippen LogP contribution in [0.15, 0.2) is 24.3 Å². The number of carbonyl (C=O) groups is 1.